The number of amides is 1. The molecule has 0 bridgehead atoms. The van der Waals surface area contributed by atoms with Gasteiger partial charge >= 0.3 is 0 Å². The number of hydrogen-bond donors (Lipinski definition) is 0. The number of morpholine rings is 1. The van der Waals surface area contributed by atoms with E-state index in [0.29, 0.717) is 13.0 Å². The number of aromatic nitrogens is 1. The topological polar surface area (TPSA) is 54.9 Å². The smallest absolute Gasteiger partial charge is 0.233 e. The molecule has 6 nitrogen and oxygen atoms in total. The summed E-state index contributed by atoms with van der Waals surface area (Å²) in [6.07, 6.45) is 1.26. The molecule has 2 heterocycles. The Balaban J connectivity index is 1.58. The minimum Gasteiger partial charge on any atom is -0.494 e. The molecular formula is C25H31N3O3S. The fraction of sp³-hybridized carbons (Fsp3) is 0.440. The maximum atomic E-state index is 13.5. The van der Waals surface area contributed by atoms with E-state index in [1.807, 2.05) is 29.2 Å². The van der Waals surface area contributed by atoms with E-state index in [-0.39, 0.29) is 5.91 Å². The van der Waals surface area contributed by atoms with E-state index in [9.17, 15) is 4.79 Å². The lowest BCUT2D eigenvalue weighted by molar-refractivity contribution is -0.118. The molecule has 0 unspecified atom stereocenters. The van der Waals surface area contributed by atoms with E-state index >= 15 is 0 Å². The minimum atomic E-state index is 0.0771. The van der Waals surface area contributed by atoms with Crippen molar-refractivity contribution < 1.29 is 14.3 Å². The van der Waals surface area contributed by atoms with E-state index in [1.54, 1.807) is 18.4 Å². The number of carbonyl (C=O) groups excluding carboxylic acids is 1. The molecular weight excluding hydrogens is 422 g/mol. The van der Waals surface area contributed by atoms with Crippen LogP contribution in [-0.4, -0.2) is 62.3 Å². The van der Waals surface area contributed by atoms with Crippen molar-refractivity contribution in [3.8, 4) is 5.75 Å². The Morgan fingerprint density at radius 3 is 2.78 bits per heavy atom. The van der Waals surface area contributed by atoms with Gasteiger partial charge < -0.3 is 9.47 Å². The Hall–Kier alpha value is -2.48. The van der Waals surface area contributed by atoms with Crippen molar-refractivity contribution in [2.45, 2.75) is 26.7 Å². The Morgan fingerprint density at radius 1 is 1.22 bits per heavy atom. The quantitative estimate of drug-likeness (QED) is 0.511. The average molecular weight is 454 g/mol. The van der Waals surface area contributed by atoms with Gasteiger partial charge in [0.15, 0.2) is 5.13 Å². The molecule has 1 aliphatic rings. The summed E-state index contributed by atoms with van der Waals surface area (Å²) in [5.74, 6) is 0.820. The fourth-order valence-electron chi connectivity index (χ4n) is 4.07. The predicted octanol–water partition coefficient (Wildman–Crippen LogP) is 4.22. The number of carbonyl (C=O) groups is 1. The zero-order chi connectivity index (χ0) is 22.5. The highest BCUT2D eigenvalue weighted by atomic mass is 32.1. The van der Waals surface area contributed by atoms with Gasteiger partial charge in [-0.2, -0.15) is 0 Å². The predicted molar refractivity (Wildman–Crippen MR) is 130 cm³/mol. The number of thiazole rings is 1. The van der Waals surface area contributed by atoms with Crippen molar-refractivity contribution >= 4 is 32.6 Å². The van der Waals surface area contributed by atoms with Crippen LogP contribution >= 0.6 is 11.3 Å². The number of fused-ring (bicyclic) bond motifs is 1. The lowest BCUT2D eigenvalue weighted by Gasteiger charge is -2.27. The van der Waals surface area contributed by atoms with Gasteiger partial charge in [0.2, 0.25) is 5.91 Å². The van der Waals surface area contributed by atoms with Crippen LogP contribution < -0.4 is 9.64 Å². The van der Waals surface area contributed by atoms with E-state index in [2.05, 4.69) is 30.9 Å². The fourth-order valence-corrected chi connectivity index (χ4v) is 5.17. The van der Waals surface area contributed by atoms with E-state index < -0.39 is 0 Å². The molecule has 32 heavy (non-hydrogen) atoms. The van der Waals surface area contributed by atoms with Gasteiger partial charge in [0, 0.05) is 26.2 Å². The third kappa shape index (κ3) is 5.28. The third-order valence-electron chi connectivity index (χ3n) is 5.84. The zero-order valence-corrected chi connectivity index (χ0v) is 19.9. The monoisotopic (exact) mass is 453 g/mol. The molecule has 0 saturated carbocycles. The van der Waals surface area contributed by atoms with Gasteiger partial charge in [-0.05, 0) is 37.5 Å². The number of hydrogen-bond acceptors (Lipinski definition) is 6. The van der Waals surface area contributed by atoms with Crippen LogP contribution in [0.3, 0.4) is 0 Å². The normalized spacial score (nSPS) is 14.6. The van der Waals surface area contributed by atoms with E-state index in [4.69, 9.17) is 14.5 Å². The second-order valence-electron chi connectivity index (χ2n) is 8.28. The van der Waals surface area contributed by atoms with Gasteiger partial charge in [0.1, 0.15) is 11.3 Å². The molecule has 0 aliphatic carbocycles. The minimum absolute atomic E-state index is 0.0771. The first-order chi connectivity index (χ1) is 15.5. The highest BCUT2D eigenvalue weighted by Gasteiger charge is 2.22. The average Bonchev–Trinajstić information content (AvgIpc) is 3.23. The first-order valence-corrected chi connectivity index (χ1v) is 12.0. The first kappa shape index (κ1) is 22.7. The van der Waals surface area contributed by atoms with Crippen LogP contribution in [0.1, 0.15) is 23.1 Å². The number of benzene rings is 2. The summed E-state index contributed by atoms with van der Waals surface area (Å²) in [4.78, 5) is 22.6. The Kier molecular flexibility index (Phi) is 7.40. The maximum absolute atomic E-state index is 13.5. The van der Waals surface area contributed by atoms with Crippen LogP contribution in [0.5, 0.6) is 5.75 Å². The second-order valence-corrected chi connectivity index (χ2v) is 9.26. The number of ether oxygens (including phenoxy) is 2. The highest BCUT2D eigenvalue weighted by Crippen LogP contribution is 2.36. The number of methoxy groups -OCH3 is 1. The van der Waals surface area contributed by atoms with Crippen molar-refractivity contribution in [3.05, 3.63) is 53.1 Å². The van der Waals surface area contributed by atoms with Crippen LogP contribution in [0.25, 0.3) is 10.2 Å². The molecule has 170 valence electrons. The van der Waals surface area contributed by atoms with Gasteiger partial charge in [-0.3, -0.25) is 14.6 Å². The van der Waals surface area contributed by atoms with Crippen molar-refractivity contribution in [3.63, 3.8) is 0 Å². The molecule has 2 aromatic carbocycles. The molecule has 1 amide bonds. The summed E-state index contributed by atoms with van der Waals surface area (Å²) >= 11 is 1.57. The summed E-state index contributed by atoms with van der Waals surface area (Å²) in [5.41, 5.74) is 4.16. The Labute approximate surface area is 193 Å². The first-order valence-electron chi connectivity index (χ1n) is 11.2. The van der Waals surface area contributed by atoms with Crippen LogP contribution in [-0.2, 0) is 16.0 Å². The van der Waals surface area contributed by atoms with Crippen molar-refractivity contribution in [2.75, 3.05) is 51.4 Å². The molecule has 0 spiro atoms. The van der Waals surface area contributed by atoms with Crippen LogP contribution in [0, 0.1) is 13.8 Å². The largest absolute Gasteiger partial charge is 0.494 e. The Morgan fingerprint density at radius 2 is 2.03 bits per heavy atom. The van der Waals surface area contributed by atoms with Gasteiger partial charge in [0.25, 0.3) is 0 Å². The van der Waals surface area contributed by atoms with Crippen LogP contribution in [0.2, 0.25) is 0 Å². The molecule has 1 aliphatic heterocycles. The lowest BCUT2D eigenvalue weighted by Crippen LogP contribution is -2.39. The molecule has 0 N–H and O–H groups in total. The number of rotatable bonds is 8. The van der Waals surface area contributed by atoms with Gasteiger partial charge in [-0.25, -0.2) is 4.98 Å². The summed E-state index contributed by atoms with van der Waals surface area (Å²) < 4.78 is 12.0. The zero-order valence-electron chi connectivity index (χ0n) is 19.1. The second kappa shape index (κ2) is 10.4. The standard InChI is InChI=1S/C25H31N3O3S/c1-18-6-4-7-20(16-18)17-22(29)28(11-5-10-27-12-14-31-15-13-27)25-26-23-21(30-3)9-8-19(2)24(23)32-25/h4,6-9,16H,5,10-15,17H2,1-3H3. The molecule has 4 rings (SSSR count). The molecule has 0 radical (unpaired) electrons. The van der Waals surface area contributed by atoms with Crippen LogP contribution in [0.4, 0.5) is 5.13 Å². The number of aryl methyl sites for hydroxylation is 2. The van der Waals surface area contributed by atoms with Gasteiger partial charge in [-0.1, -0.05) is 47.2 Å². The summed E-state index contributed by atoms with van der Waals surface area (Å²) in [7, 11) is 1.66. The van der Waals surface area contributed by atoms with E-state index in [0.717, 1.165) is 77.1 Å². The molecule has 1 fully saturated rings. The Bertz CT molecular complexity index is 1080. The summed E-state index contributed by atoms with van der Waals surface area (Å²) in [6, 6.07) is 12.1. The summed E-state index contributed by atoms with van der Waals surface area (Å²) in [5, 5.41) is 0.743. The number of anilines is 1. The molecule has 7 heteroatoms. The highest BCUT2D eigenvalue weighted by molar-refractivity contribution is 7.22. The van der Waals surface area contributed by atoms with Crippen LogP contribution in [0.15, 0.2) is 36.4 Å². The van der Waals surface area contributed by atoms with Crippen molar-refractivity contribution in [1.82, 2.24) is 9.88 Å². The molecule has 1 aromatic heterocycles. The van der Waals surface area contributed by atoms with E-state index in [1.165, 1.54) is 0 Å². The van der Waals surface area contributed by atoms with Crippen molar-refractivity contribution in [1.29, 1.82) is 0 Å². The molecule has 0 atom stereocenters. The number of nitrogens with zero attached hydrogens (tertiary/aromatic N) is 3. The lowest BCUT2D eigenvalue weighted by atomic mass is 10.1. The molecule has 1 saturated heterocycles. The summed E-state index contributed by atoms with van der Waals surface area (Å²) in [6.45, 7) is 9.19. The SMILES string of the molecule is COc1ccc(C)c2sc(N(CCCN3CCOCC3)C(=O)Cc3cccc(C)c3)nc12. The van der Waals surface area contributed by atoms with Gasteiger partial charge in [0.05, 0.1) is 31.4 Å². The van der Waals surface area contributed by atoms with Crippen molar-refractivity contribution in [2.24, 2.45) is 0 Å². The van der Waals surface area contributed by atoms with Gasteiger partial charge in [-0.15, -0.1) is 0 Å². The molecule has 3 aromatic rings. The maximum Gasteiger partial charge on any atom is 0.233 e. The third-order valence-corrected chi connectivity index (χ3v) is 7.06.